The summed E-state index contributed by atoms with van der Waals surface area (Å²) in [7, 11) is 2.18. The van der Waals surface area contributed by atoms with E-state index in [1.165, 1.54) is 19.8 Å². The summed E-state index contributed by atoms with van der Waals surface area (Å²) >= 11 is 0. The van der Waals surface area contributed by atoms with Crippen molar-refractivity contribution in [3.05, 3.63) is 0 Å². The lowest BCUT2D eigenvalue weighted by atomic mass is 9.83. The zero-order valence-corrected chi connectivity index (χ0v) is 9.04. The van der Waals surface area contributed by atoms with Crippen LogP contribution in [-0.2, 0) is 9.53 Å². The van der Waals surface area contributed by atoms with Crippen LogP contribution >= 0.6 is 0 Å². The predicted molar refractivity (Wildman–Crippen MR) is 55.4 cm³/mol. The number of ether oxygens (including phenoxy) is 1. The van der Waals surface area contributed by atoms with E-state index in [9.17, 15) is 4.79 Å². The first-order valence-electron chi connectivity index (χ1n) is 5.23. The smallest absolute Gasteiger partial charge is 0.302 e. The molecular formula is C10H19BO2. The predicted octanol–water partition coefficient (Wildman–Crippen LogP) is 1.41. The zero-order chi connectivity index (χ0) is 10.0. The molecule has 0 amide bonds. The molecule has 1 aliphatic rings. The van der Waals surface area contributed by atoms with Gasteiger partial charge in [0, 0.05) is 6.92 Å². The normalized spacial score (nSPS) is 39.0. The fourth-order valence-electron chi connectivity index (χ4n) is 2.57. The van der Waals surface area contributed by atoms with E-state index in [1.807, 2.05) is 0 Å². The van der Waals surface area contributed by atoms with Gasteiger partial charge in [0.25, 0.3) is 0 Å². The van der Waals surface area contributed by atoms with Gasteiger partial charge in [-0.05, 0) is 17.7 Å². The average Bonchev–Trinajstić information content (AvgIpc) is 2.31. The minimum Gasteiger partial charge on any atom is -0.463 e. The van der Waals surface area contributed by atoms with E-state index in [4.69, 9.17) is 4.74 Å². The third kappa shape index (κ3) is 2.26. The highest BCUT2D eigenvalue weighted by Gasteiger charge is 2.38. The van der Waals surface area contributed by atoms with Crippen molar-refractivity contribution in [2.75, 3.05) is 0 Å². The summed E-state index contributed by atoms with van der Waals surface area (Å²) in [6, 6.07) is 0. The van der Waals surface area contributed by atoms with Gasteiger partial charge in [0.2, 0.25) is 0 Å². The summed E-state index contributed by atoms with van der Waals surface area (Å²) in [5.41, 5.74) is 0. The molecule has 1 aliphatic carbocycles. The maximum atomic E-state index is 10.9. The molecule has 0 radical (unpaired) electrons. The zero-order valence-electron chi connectivity index (χ0n) is 9.04. The van der Waals surface area contributed by atoms with Gasteiger partial charge in [-0.2, -0.15) is 0 Å². The van der Waals surface area contributed by atoms with Crippen LogP contribution in [0.15, 0.2) is 0 Å². The van der Waals surface area contributed by atoms with E-state index in [0.29, 0.717) is 11.7 Å². The molecule has 0 aliphatic heterocycles. The van der Waals surface area contributed by atoms with Gasteiger partial charge in [-0.25, -0.2) is 0 Å². The maximum Gasteiger partial charge on any atom is 0.302 e. The second kappa shape index (κ2) is 4.16. The van der Waals surface area contributed by atoms with E-state index < -0.39 is 0 Å². The van der Waals surface area contributed by atoms with E-state index in [1.54, 1.807) is 0 Å². The Morgan fingerprint density at radius 2 is 2.23 bits per heavy atom. The summed E-state index contributed by atoms with van der Waals surface area (Å²) in [6.45, 7) is 5.91. The number of hydrogen-bond acceptors (Lipinski definition) is 2. The van der Waals surface area contributed by atoms with Gasteiger partial charge in [0.05, 0.1) is 0 Å². The van der Waals surface area contributed by atoms with E-state index >= 15 is 0 Å². The summed E-state index contributed by atoms with van der Waals surface area (Å²) in [5, 5.41) is 0. The molecule has 1 saturated carbocycles. The Morgan fingerprint density at radius 1 is 1.62 bits per heavy atom. The van der Waals surface area contributed by atoms with Crippen molar-refractivity contribution in [3.63, 3.8) is 0 Å². The Morgan fingerprint density at radius 3 is 2.62 bits per heavy atom. The first-order chi connectivity index (χ1) is 6.06. The highest BCUT2D eigenvalue weighted by atomic mass is 16.5. The second-order valence-corrected chi connectivity index (χ2v) is 4.31. The Labute approximate surface area is 81.4 Å². The Hall–Kier alpha value is -0.465. The van der Waals surface area contributed by atoms with Crippen molar-refractivity contribution in [1.82, 2.24) is 0 Å². The minimum absolute atomic E-state index is 0.138. The molecule has 3 heteroatoms. The summed E-state index contributed by atoms with van der Waals surface area (Å²) in [4.78, 5) is 10.9. The number of esters is 1. The standard InChI is InChI=1S/C10H19BO2/c1-4-8-5-9(11)10(6(8)2)13-7(3)12/h6,8-10H,4-5,11H2,1-3H3. The van der Waals surface area contributed by atoms with Gasteiger partial charge in [0.15, 0.2) is 0 Å². The van der Waals surface area contributed by atoms with Crippen LogP contribution in [-0.4, -0.2) is 19.9 Å². The topological polar surface area (TPSA) is 26.3 Å². The highest BCUT2D eigenvalue weighted by molar-refractivity contribution is 6.12. The first kappa shape index (κ1) is 10.6. The average molecular weight is 182 g/mol. The number of hydrogen-bond donors (Lipinski definition) is 0. The largest absolute Gasteiger partial charge is 0.463 e. The van der Waals surface area contributed by atoms with Crippen LogP contribution in [0.4, 0.5) is 0 Å². The van der Waals surface area contributed by atoms with Gasteiger partial charge in [-0.3, -0.25) is 4.79 Å². The second-order valence-electron chi connectivity index (χ2n) is 4.31. The van der Waals surface area contributed by atoms with Crippen molar-refractivity contribution in [2.45, 2.75) is 45.5 Å². The number of carbonyl (C=O) groups excluding carboxylic acids is 1. The van der Waals surface area contributed by atoms with E-state index in [0.717, 1.165) is 5.92 Å². The maximum absolute atomic E-state index is 10.9. The lowest BCUT2D eigenvalue weighted by molar-refractivity contribution is -0.148. The van der Waals surface area contributed by atoms with Crippen LogP contribution in [0.1, 0.15) is 33.6 Å². The van der Waals surface area contributed by atoms with E-state index in [2.05, 4.69) is 21.7 Å². The van der Waals surface area contributed by atoms with Gasteiger partial charge < -0.3 is 4.74 Å². The van der Waals surface area contributed by atoms with Crippen molar-refractivity contribution >= 4 is 13.8 Å². The molecule has 4 atom stereocenters. The van der Waals surface area contributed by atoms with Crippen LogP contribution in [0.5, 0.6) is 0 Å². The molecule has 0 aromatic rings. The number of rotatable bonds is 2. The molecule has 0 saturated heterocycles. The molecule has 0 bridgehead atoms. The fraction of sp³-hybridized carbons (Fsp3) is 0.900. The van der Waals surface area contributed by atoms with Crippen molar-refractivity contribution < 1.29 is 9.53 Å². The summed E-state index contributed by atoms with van der Waals surface area (Å²) in [6.07, 6.45) is 2.56. The third-order valence-electron chi connectivity index (χ3n) is 3.32. The fourth-order valence-corrected chi connectivity index (χ4v) is 2.57. The molecule has 0 spiro atoms. The van der Waals surface area contributed by atoms with Gasteiger partial charge >= 0.3 is 5.97 Å². The summed E-state index contributed by atoms with van der Waals surface area (Å²) in [5.74, 6) is 1.66. The van der Waals surface area contributed by atoms with Crippen molar-refractivity contribution in [3.8, 4) is 0 Å². The van der Waals surface area contributed by atoms with Crippen LogP contribution in [0.2, 0.25) is 5.82 Å². The quantitative estimate of drug-likeness (QED) is 0.476. The summed E-state index contributed by atoms with van der Waals surface area (Å²) < 4.78 is 5.33. The lowest BCUT2D eigenvalue weighted by Gasteiger charge is -2.21. The van der Waals surface area contributed by atoms with Gasteiger partial charge in [0.1, 0.15) is 14.0 Å². The molecule has 13 heavy (non-hydrogen) atoms. The first-order valence-corrected chi connectivity index (χ1v) is 5.23. The molecule has 0 heterocycles. The Bertz CT molecular complexity index is 193. The molecule has 0 aromatic heterocycles. The monoisotopic (exact) mass is 182 g/mol. The molecular weight excluding hydrogens is 163 g/mol. The molecule has 1 rings (SSSR count). The van der Waals surface area contributed by atoms with Crippen LogP contribution in [0.3, 0.4) is 0 Å². The SMILES string of the molecule is BC1CC(CC)C(C)C1OC(C)=O. The molecule has 1 fully saturated rings. The highest BCUT2D eigenvalue weighted by Crippen LogP contribution is 2.41. The molecule has 4 unspecified atom stereocenters. The van der Waals surface area contributed by atoms with Gasteiger partial charge in [-0.15, -0.1) is 0 Å². The Balaban J connectivity index is 2.58. The molecule has 2 nitrogen and oxygen atoms in total. The van der Waals surface area contributed by atoms with Gasteiger partial charge in [-0.1, -0.05) is 26.7 Å². The third-order valence-corrected chi connectivity index (χ3v) is 3.32. The van der Waals surface area contributed by atoms with E-state index in [-0.39, 0.29) is 12.1 Å². The van der Waals surface area contributed by atoms with Crippen LogP contribution < -0.4 is 0 Å². The molecule has 0 N–H and O–H groups in total. The Kier molecular flexibility index (Phi) is 3.40. The lowest BCUT2D eigenvalue weighted by Crippen LogP contribution is -2.24. The molecule has 74 valence electrons. The minimum atomic E-state index is -0.138. The van der Waals surface area contributed by atoms with Crippen LogP contribution in [0, 0.1) is 11.8 Å². The van der Waals surface area contributed by atoms with Crippen molar-refractivity contribution in [2.24, 2.45) is 11.8 Å². The molecule has 0 aromatic carbocycles. The van der Waals surface area contributed by atoms with Crippen molar-refractivity contribution in [1.29, 1.82) is 0 Å². The van der Waals surface area contributed by atoms with Crippen LogP contribution in [0.25, 0.3) is 0 Å². The number of carbonyl (C=O) groups is 1.